The first-order valence-corrected chi connectivity index (χ1v) is 9.58. The second kappa shape index (κ2) is 6.97. The van der Waals surface area contributed by atoms with E-state index in [1.54, 1.807) is 18.2 Å². The summed E-state index contributed by atoms with van der Waals surface area (Å²) in [5, 5.41) is 0. The van der Waals surface area contributed by atoms with E-state index in [1.165, 1.54) is 12.1 Å². The van der Waals surface area contributed by atoms with Crippen LogP contribution in [0.4, 0.5) is 4.79 Å². The zero-order valence-corrected chi connectivity index (χ0v) is 15.6. The predicted octanol–water partition coefficient (Wildman–Crippen LogP) is 3.74. The van der Waals surface area contributed by atoms with Gasteiger partial charge in [-0.1, -0.05) is 57.5 Å². The van der Waals surface area contributed by atoms with Crippen LogP contribution in [0.25, 0.3) is 0 Å². The van der Waals surface area contributed by atoms with E-state index in [0.29, 0.717) is 0 Å². The van der Waals surface area contributed by atoms with E-state index in [-0.39, 0.29) is 16.7 Å². The first-order valence-electron chi connectivity index (χ1n) is 8.14. The average molecular weight is 351 g/mol. The molecular weight excluding hydrogens is 326 g/mol. The van der Waals surface area contributed by atoms with E-state index in [0.717, 1.165) is 9.87 Å². The molecular formula is C18H25NO4S. The number of cyclic esters (lactones) is 1. The summed E-state index contributed by atoms with van der Waals surface area (Å²) in [6.45, 7) is 9.70. The lowest BCUT2D eigenvalue weighted by molar-refractivity contribution is 0.108. The summed E-state index contributed by atoms with van der Waals surface area (Å²) < 4.78 is 32.2. The van der Waals surface area contributed by atoms with Crippen LogP contribution in [0.1, 0.15) is 33.3 Å². The van der Waals surface area contributed by atoms with Crippen LogP contribution >= 0.6 is 0 Å². The number of ether oxygens (including phenoxy) is 1. The third kappa shape index (κ3) is 3.64. The third-order valence-corrected chi connectivity index (χ3v) is 5.73. The van der Waals surface area contributed by atoms with Gasteiger partial charge < -0.3 is 4.74 Å². The van der Waals surface area contributed by atoms with Gasteiger partial charge in [0.15, 0.2) is 0 Å². The van der Waals surface area contributed by atoms with Crippen LogP contribution in [-0.4, -0.2) is 31.0 Å². The number of nitrogens with zero attached hydrogens (tertiary/aromatic N) is 1. The van der Waals surface area contributed by atoms with Gasteiger partial charge in [0, 0.05) is 0 Å². The number of sulfonamides is 1. The molecule has 1 heterocycles. The molecule has 1 saturated heterocycles. The van der Waals surface area contributed by atoms with Crippen molar-refractivity contribution in [1.82, 2.24) is 4.31 Å². The molecule has 1 aromatic carbocycles. The van der Waals surface area contributed by atoms with E-state index in [4.69, 9.17) is 4.74 Å². The van der Waals surface area contributed by atoms with Crippen molar-refractivity contribution in [1.29, 1.82) is 0 Å². The fraction of sp³-hybridized carbons (Fsp3) is 0.500. The normalized spacial score (nSPS) is 22.0. The van der Waals surface area contributed by atoms with Crippen molar-refractivity contribution >= 4 is 16.1 Å². The van der Waals surface area contributed by atoms with Crippen molar-refractivity contribution in [2.75, 3.05) is 0 Å². The lowest BCUT2D eigenvalue weighted by atomic mass is 9.99. The van der Waals surface area contributed by atoms with E-state index in [9.17, 15) is 13.2 Å². The Kier molecular flexibility index (Phi) is 5.38. The first kappa shape index (κ1) is 18.5. The molecule has 1 aromatic rings. The molecule has 6 heteroatoms. The molecule has 1 fully saturated rings. The minimum absolute atomic E-state index is 0.00831. The van der Waals surface area contributed by atoms with Crippen molar-refractivity contribution in [2.24, 2.45) is 11.8 Å². The Bertz CT molecular complexity index is 720. The minimum atomic E-state index is -3.96. The van der Waals surface area contributed by atoms with Crippen molar-refractivity contribution in [3.8, 4) is 0 Å². The zero-order chi connectivity index (χ0) is 18.1. The molecule has 1 aliphatic heterocycles. The van der Waals surface area contributed by atoms with Crippen LogP contribution in [-0.2, 0) is 14.8 Å². The van der Waals surface area contributed by atoms with Crippen LogP contribution in [0, 0.1) is 18.8 Å². The Balaban J connectivity index is 2.47. The SMILES string of the molecule is Cc1ccc(S(=O)(=O)N2C(=O)O[C@@H](C(C)C)[C@H]2/C=C/C(C)C)cc1. The van der Waals surface area contributed by atoms with Gasteiger partial charge in [-0.3, -0.25) is 0 Å². The molecule has 132 valence electrons. The number of rotatable bonds is 5. The summed E-state index contributed by atoms with van der Waals surface area (Å²) in [6, 6.07) is 5.83. The summed E-state index contributed by atoms with van der Waals surface area (Å²) in [7, 11) is -3.96. The number of aryl methyl sites for hydroxylation is 1. The third-order valence-electron chi connectivity index (χ3n) is 3.95. The largest absolute Gasteiger partial charge is 0.442 e. The number of benzene rings is 1. The molecule has 0 N–H and O–H groups in total. The highest BCUT2D eigenvalue weighted by molar-refractivity contribution is 7.89. The Hall–Kier alpha value is -1.82. The number of hydrogen-bond donors (Lipinski definition) is 0. The van der Waals surface area contributed by atoms with Crippen LogP contribution in [0.15, 0.2) is 41.3 Å². The monoisotopic (exact) mass is 351 g/mol. The van der Waals surface area contributed by atoms with Gasteiger partial charge in [-0.2, -0.15) is 4.31 Å². The molecule has 0 aliphatic carbocycles. The van der Waals surface area contributed by atoms with Crippen molar-refractivity contribution in [2.45, 2.75) is 51.7 Å². The minimum Gasteiger partial charge on any atom is -0.442 e. The highest BCUT2D eigenvalue weighted by Crippen LogP contribution is 2.32. The van der Waals surface area contributed by atoms with Crippen LogP contribution in [0.5, 0.6) is 0 Å². The molecule has 1 aliphatic rings. The van der Waals surface area contributed by atoms with Gasteiger partial charge in [0.05, 0.1) is 4.90 Å². The van der Waals surface area contributed by atoms with E-state index in [2.05, 4.69) is 0 Å². The van der Waals surface area contributed by atoms with Gasteiger partial charge in [0.2, 0.25) is 0 Å². The fourth-order valence-corrected chi connectivity index (χ4v) is 4.09. The maximum Gasteiger partial charge on any atom is 0.424 e. The maximum absolute atomic E-state index is 13.0. The zero-order valence-electron chi connectivity index (χ0n) is 14.8. The van der Waals surface area contributed by atoms with E-state index in [1.807, 2.05) is 40.7 Å². The quantitative estimate of drug-likeness (QED) is 0.758. The Morgan fingerprint density at radius 1 is 1.12 bits per heavy atom. The van der Waals surface area contributed by atoms with Crippen molar-refractivity contribution < 1.29 is 17.9 Å². The second-order valence-corrected chi connectivity index (χ2v) is 8.64. The van der Waals surface area contributed by atoms with Gasteiger partial charge in [0.25, 0.3) is 10.0 Å². The lowest BCUT2D eigenvalue weighted by Crippen LogP contribution is -2.41. The van der Waals surface area contributed by atoms with Gasteiger partial charge in [-0.25, -0.2) is 13.2 Å². The van der Waals surface area contributed by atoms with Crippen molar-refractivity contribution in [3.05, 3.63) is 42.0 Å². The smallest absolute Gasteiger partial charge is 0.424 e. The fourth-order valence-electron chi connectivity index (χ4n) is 2.63. The van der Waals surface area contributed by atoms with Gasteiger partial charge >= 0.3 is 6.09 Å². The van der Waals surface area contributed by atoms with Crippen LogP contribution in [0.2, 0.25) is 0 Å². The predicted molar refractivity (Wildman–Crippen MR) is 93.1 cm³/mol. The number of hydrogen-bond acceptors (Lipinski definition) is 4. The highest BCUT2D eigenvalue weighted by atomic mass is 32.2. The lowest BCUT2D eigenvalue weighted by Gasteiger charge is -2.23. The maximum atomic E-state index is 13.0. The van der Waals surface area contributed by atoms with Gasteiger partial charge in [-0.05, 0) is 30.9 Å². The molecule has 0 radical (unpaired) electrons. The van der Waals surface area contributed by atoms with Crippen molar-refractivity contribution in [3.63, 3.8) is 0 Å². The van der Waals surface area contributed by atoms with Gasteiger partial charge in [0.1, 0.15) is 12.1 Å². The summed E-state index contributed by atoms with van der Waals surface area (Å²) in [4.78, 5) is 12.4. The van der Waals surface area contributed by atoms with E-state index < -0.39 is 28.3 Å². The molecule has 0 bridgehead atoms. The number of allylic oxidation sites excluding steroid dienone is 1. The standard InChI is InChI=1S/C18H25NO4S/c1-12(2)6-11-16-17(13(3)4)23-18(20)19(16)24(21,22)15-9-7-14(5)8-10-15/h6-13,16-17H,1-5H3/b11-6+/t16-,17+/m1/s1. The Morgan fingerprint density at radius 3 is 2.21 bits per heavy atom. The summed E-state index contributed by atoms with van der Waals surface area (Å²) >= 11 is 0. The average Bonchev–Trinajstić information content (AvgIpc) is 2.83. The number of amides is 1. The molecule has 0 saturated carbocycles. The van der Waals surface area contributed by atoms with Crippen LogP contribution in [0.3, 0.4) is 0 Å². The molecule has 1 amide bonds. The molecule has 2 rings (SSSR count). The topological polar surface area (TPSA) is 63.7 Å². The summed E-state index contributed by atoms with van der Waals surface area (Å²) in [5.41, 5.74) is 0.953. The Morgan fingerprint density at radius 2 is 1.71 bits per heavy atom. The molecule has 0 aromatic heterocycles. The molecule has 5 nitrogen and oxygen atoms in total. The number of carbonyl (C=O) groups excluding carboxylic acids is 1. The number of carbonyl (C=O) groups is 1. The molecule has 0 unspecified atom stereocenters. The summed E-state index contributed by atoms with van der Waals surface area (Å²) in [5.74, 6) is 0.256. The second-order valence-electron chi connectivity index (χ2n) is 6.83. The van der Waals surface area contributed by atoms with Crippen LogP contribution < -0.4 is 0 Å². The summed E-state index contributed by atoms with van der Waals surface area (Å²) in [6.07, 6.45) is 2.37. The molecule has 2 atom stereocenters. The highest BCUT2D eigenvalue weighted by Gasteiger charge is 2.48. The van der Waals surface area contributed by atoms with Gasteiger partial charge in [-0.15, -0.1) is 0 Å². The first-order chi connectivity index (χ1) is 11.1. The Labute approximate surface area is 144 Å². The molecule has 0 spiro atoms. The van der Waals surface area contributed by atoms with E-state index >= 15 is 0 Å². The molecule has 24 heavy (non-hydrogen) atoms.